The van der Waals surface area contributed by atoms with Gasteiger partial charge in [-0.2, -0.15) is 0 Å². The third-order valence-corrected chi connectivity index (χ3v) is 4.91. The van der Waals surface area contributed by atoms with Crippen molar-refractivity contribution in [1.29, 1.82) is 0 Å². The van der Waals surface area contributed by atoms with Crippen LogP contribution in [0.15, 0.2) is 55.1 Å². The lowest BCUT2D eigenvalue weighted by Gasteiger charge is -2.16. The van der Waals surface area contributed by atoms with E-state index in [1.807, 2.05) is 19.1 Å². The largest absolute Gasteiger partial charge is 0.457 e. The minimum absolute atomic E-state index is 0.0472. The summed E-state index contributed by atoms with van der Waals surface area (Å²) in [6, 6.07) is 13.5. The van der Waals surface area contributed by atoms with Gasteiger partial charge in [0.15, 0.2) is 12.4 Å². The Morgan fingerprint density at radius 1 is 1.00 bits per heavy atom. The van der Waals surface area contributed by atoms with E-state index in [1.54, 1.807) is 36.4 Å². The first kappa shape index (κ1) is 22.0. The number of nitrogens with one attached hydrogen (secondary N) is 1. The number of ketones is 1. The molecule has 1 aliphatic rings. The summed E-state index contributed by atoms with van der Waals surface area (Å²) in [5, 5.41) is 2.74. The van der Waals surface area contributed by atoms with Crippen molar-refractivity contribution in [2.24, 2.45) is 0 Å². The van der Waals surface area contributed by atoms with Crippen LogP contribution in [0, 0.1) is 0 Å². The van der Waals surface area contributed by atoms with Gasteiger partial charge in [-0.15, -0.1) is 0 Å². The van der Waals surface area contributed by atoms with E-state index in [1.165, 1.54) is 4.90 Å². The molecule has 0 aliphatic carbocycles. The first-order chi connectivity index (χ1) is 14.9. The summed E-state index contributed by atoms with van der Waals surface area (Å²) in [6.07, 6.45) is 1.13. The summed E-state index contributed by atoms with van der Waals surface area (Å²) in [6.45, 7) is 5.58. The highest BCUT2D eigenvalue weighted by atomic mass is 16.5. The molecule has 0 unspecified atom stereocenters. The topological polar surface area (TPSA) is 92.8 Å². The molecule has 2 aromatic carbocycles. The van der Waals surface area contributed by atoms with Gasteiger partial charge in [0.2, 0.25) is 5.91 Å². The van der Waals surface area contributed by atoms with Gasteiger partial charge in [0.05, 0.1) is 6.42 Å². The Labute approximate surface area is 180 Å². The number of carbonyl (C=O) groups excluding carboxylic acids is 4. The first-order valence-corrected chi connectivity index (χ1v) is 10.1. The maximum atomic E-state index is 12.4. The van der Waals surface area contributed by atoms with E-state index in [2.05, 4.69) is 11.9 Å². The highest BCUT2D eigenvalue weighted by Gasteiger charge is 2.30. The lowest BCUT2D eigenvalue weighted by atomic mass is 10.1. The second kappa shape index (κ2) is 9.84. The van der Waals surface area contributed by atoms with Crippen molar-refractivity contribution in [2.75, 3.05) is 18.5 Å². The Hall–Kier alpha value is -3.74. The van der Waals surface area contributed by atoms with Gasteiger partial charge in [0, 0.05) is 41.0 Å². The number of hydrogen-bond donors (Lipinski definition) is 1. The molecule has 1 N–H and O–H groups in total. The first-order valence-electron chi connectivity index (χ1n) is 10.1. The lowest BCUT2D eigenvalue weighted by molar-refractivity contribution is -0.142. The average molecular weight is 420 g/mol. The summed E-state index contributed by atoms with van der Waals surface area (Å²) in [5.74, 6) is -1.21. The zero-order valence-corrected chi connectivity index (χ0v) is 17.3. The van der Waals surface area contributed by atoms with Crippen molar-refractivity contribution >= 4 is 35.0 Å². The van der Waals surface area contributed by atoms with Gasteiger partial charge in [0.25, 0.3) is 5.91 Å². The number of fused-ring (bicyclic) bond motifs is 1. The van der Waals surface area contributed by atoms with E-state index in [-0.39, 0.29) is 30.6 Å². The van der Waals surface area contributed by atoms with Crippen LogP contribution in [-0.2, 0) is 14.3 Å². The van der Waals surface area contributed by atoms with Crippen molar-refractivity contribution in [3.63, 3.8) is 0 Å². The van der Waals surface area contributed by atoms with E-state index in [0.717, 1.165) is 12.0 Å². The molecule has 1 heterocycles. The second-order valence-corrected chi connectivity index (χ2v) is 7.16. The molecule has 0 radical (unpaired) electrons. The van der Waals surface area contributed by atoms with Crippen molar-refractivity contribution in [3.05, 3.63) is 71.8 Å². The van der Waals surface area contributed by atoms with Gasteiger partial charge >= 0.3 is 5.97 Å². The third kappa shape index (κ3) is 5.25. The third-order valence-electron chi connectivity index (χ3n) is 4.91. The molecule has 3 rings (SSSR count). The van der Waals surface area contributed by atoms with Gasteiger partial charge in [-0.3, -0.25) is 19.2 Å². The number of esters is 1. The summed E-state index contributed by atoms with van der Waals surface area (Å²) in [5.41, 5.74) is 2.84. The van der Waals surface area contributed by atoms with Gasteiger partial charge in [-0.05, 0) is 36.8 Å². The lowest BCUT2D eigenvalue weighted by Crippen LogP contribution is -2.26. The number of anilines is 1. The number of hydrogen-bond acceptors (Lipinski definition) is 5. The van der Waals surface area contributed by atoms with E-state index >= 15 is 0 Å². The van der Waals surface area contributed by atoms with Crippen molar-refractivity contribution in [1.82, 2.24) is 4.90 Å². The fraction of sp³-hybridized carbons (Fsp3) is 0.250. The highest BCUT2D eigenvalue weighted by Crippen LogP contribution is 2.31. The van der Waals surface area contributed by atoms with Crippen LogP contribution >= 0.6 is 0 Å². The van der Waals surface area contributed by atoms with Crippen LogP contribution in [0.1, 0.15) is 52.5 Å². The summed E-state index contributed by atoms with van der Waals surface area (Å²) in [7, 11) is 0. The molecule has 160 valence electrons. The van der Waals surface area contributed by atoms with E-state index in [9.17, 15) is 19.2 Å². The smallest absolute Gasteiger partial charge is 0.308 e. The molecule has 7 nitrogen and oxygen atoms in total. The number of amides is 2. The molecule has 31 heavy (non-hydrogen) atoms. The Morgan fingerprint density at radius 2 is 1.68 bits per heavy atom. The molecule has 0 fully saturated rings. The van der Waals surface area contributed by atoms with Crippen molar-refractivity contribution in [2.45, 2.75) is 26.2 Å². The molecular weight excluding hydrogens is 396 g/mol. The van der Waals surface area contributed by atoms with Gasteiger partial charge < -0.3 is 15.0 Å². The molecule has 0 bridgehead atoms. The van der Waals surface area contributed by atoms with Crippen molar-refractivity contribution < 1.29 is 23.9 Å². The number of rotatable bonds is 9. The van der Waals surface area contributed by atoms with Crippen LogP contribution in [-0.4, -0.2) is 41.6 Å². The molecule has 2 aromatic rings. The monoisotopic (exact) mass is 420 g/mol. The molecule has 2 amide bonds. The number of nitrogens with zero attached hydrogens (tertiary/aromatic N) is 1. The standard InChI is InChI=1S/C24H24N2O5/c1-3-6-22(28)25-18-11-9-17(10-12-18)21(27)15-31-23(29)13-14-26-16(2)19-7-4-5-8-20(19)24(26)30/h4-5,7-12H,2-3,6,13-15H2,1H3,(H,25,28). The van der Waals surface area contributed by atoms with Crippen LogP contribution in [0.25, 0.3) is 5.70 Å². The highest BCUT2D eigenvalue weighted by molar-refractivity contribution is 6.09. The van der Waals surface area contributed by atoms with Crippen LogP contribution in [0.4, 0.5) is 5.69 Å². The van der Waals surface area contributed by atoms with E-state index < -0.39 is 12.6 Å². The zero-order valence-electron chi connectivity index (χ0n) is 17.3. The van der Waals surface area contributed by atoms with Gasteiger partial charge in [0.1, 0.15) is 0 Å². The Kier molecular flexibility index (Phi) is 6.97. The Balaban J connectivity index is 1.46. The maximum Gasteiger partial charge on any atom is 0.308 e. The number of ether oxygens (including phenoxy) is 1. The minimum atomic E-state index is -0.576. The Bertz CT molecular complexity index is 992. The summed E-state index contributed by atoms with van der Waals surface area (Å²) in [4.78, 5) is 49.8. The second-order valence-electron chi connectivity index (χ2n) is 7.16. The van der Waals surface area contributed by atoms with Crippen LogP contribution in [0.2, 0.25) is 0 Å². The SMILES string of the molecule is C=C1c2ccccc2C(=O)N1CCC(=O)OCC(=O)c1ccc(NC(=O)CCC)cc1. The van der Waals surface area contributed by atoms with Crippen LogP contribution in [0.5, 0.6) is 0 Å². The molecule has 0 saturated heterocycles. The Morgan fingerprint density at radius 3 is 2.32 bits per heavy atom. The van der Waals surface area contributed by atoms with E-state index in [0.29, 0.717) is 28.9 Å². The predicted molar refractivity (Wildman–Crippen MR) is 116 cm³/mol. The van der Waals surface area contributed by atoms with Crippen molar-refractivity contribution in [3.8, 4) is 0 Å². The fourth-order valence-corrected chi connectivity index (χ4v) is 3.27. The quantitative estimate of drug-likeness (QED) is 0.494. The predicted octanol–water partition coefficient (Wildman–Crippen LogP) is 3.67. The number of Topliss-reactive ketones (excluding diaryl/α,β-unsaturated/α-hetero) is 1. The normalized spacial score (nSPS) is 12.5. The molecule has 0 atom stereocenters. The van der Waals surface area contributed by atoms with E-state index in [4.69, 9.17) is 4.74 Å². The molecule has 0 saturated carbocycles. The summed E-state index contributed by atoms with van der Waals surface area (Å²) >= 11 is 0. The zero-order chi connectivity index (χ0) is 22.4. The number of carbonyl (C=O) groups is 4. The maximum absolute atomic E-state index is 12.4. The average Bonchev–Trinajstić information content (AvgIpc) is 3.01. The molecular formula is C24H24N2O5. The molecule has 7 heteroatoms. The molecule has 0 aromatic heterocycles. The molecule has 1 aliphatic heterocycles. The van der Waals surface area contributed by atoms with Crippen LogP contribution < -0.4 is 5.32 Å². The molecule has 0 spiro atoms. The van der Waals surface area contributed by atoms with Gasteiger partial charge in [-0.25, -0.2) is 0 Å². The summed E-state index contributed by atoms with van der Waals surface area (Å²) < 4.78 is 5.07. The van der Waals surface area contributed by atoms with Gasteiger partial charge in [-0.1, -0.05) is 31.7 Å². The fourth-order valence-electron chi connectivity index (χ4n) is 3.27. The number of benzene rings is 2. The van der Waals surface area contributed by atoms with Crippen LogP contribution in [0.3, 0.4) is 0 Å². The minimum Gasteiger partial charge on any atom is -0.457 e.